The molecule has 0 unspecified atom stereocenters. The number of aromatic nitrogens is 3. The Hall–Kier alpha value is -3.88. The number of nitrogens with two attached hydrogens (primary N) is 1. The lowest BCUT2D eigenvalue weighted by Crippen LogP contribution is -2.50. The molecule has 0 spiro atoms. The molecule has 30 heavy (non-hydrogen) atoms. The van der Waals surface area contributed by atoms with Crippen molar-refractivity contribution < 1.29 is 14.0 Å². The van der Waals surface area contributed by atoms with E-state index in [1.807, 2.05) is 36.5 Å². The van der Waals surface area contributed by atoms with Crippen molar-refractivity contribution in [3.63, 3.8) is 0 Å². The molecule has 4 heterocycles. The molecule has 152 valence electrons. The van der Waals surface area contributed by atoms with Crippen LogP contribution in [0, 0.1) is 0 Å². The Bertz CT molecular complexity index is 1280. The maximum Gasteiger partial charge on any atom is 0.292 e. The lowest BCUT2D eigenvalue weighted by molar-refractivity contribution is -0.130. The molecule has 5 rings (SSSR count). The highest BCUT2D eigenvalue weighted by molar-refractivity contribution is 5.94. The van der Waals surface area contributed by atoms with E-state index in [4.69, 9.17) is 10.2 Å². The minimum absolute atomic E-state index is 0.0346. The number of pyridine rings is 1. The quantitative estimate of drug-likeness (QED) is 0.547. The van der Waals surface area contributed by atoms with E-state index in [2.05, 4.69) is 9.97 Å². The standard InChI is InChI=1S/C21H20N6O3/c1-13(28)25-6-8-26(9-7-25)20(29)17-11-23-19-5-3-15(12-27(17)19)14-2-4-18-16(10-14)24-21(22)30-18/h2-5,10-12H,6-9H2,1H3,(H2,22,24). The Labute approximate surface area is 171 Å². The van der Waals surface area contributed by atoms with Crippen LogP contribution in [0.2, 0.25) is 0 Å². The highest BCUT2D eigenvalue weighted by Gasteiger charge is 2.25. The van der Waals surface area contributed by atoms with E-state index >= 15 is 0 Å². The van der Waals surface area contributed by atoms with Crippen LogP contribution in [0.3, 0.4) is 0 Å². The van der Waals surface area contributed by atoms with Gasteiger partial charge in [-0.15, -0.1) is 0 Å². The first-order valence-corrected chi connectivity index (χ1v) is 9.68. The molecule has 1 aliphatic rings. The third kappa shape index (κ3) is 3.04. The van der Waals surface area contributed by atoms with Gasteiger partial charge in [-0.25, -0.2) is 4.98 Å². The normalized spacial score (nSPS) is 14.6. The molecule has 0 aliphatic carbocycles. The number of anilines is 1. The SMILES string of the molecule is CC(=O)N1CCN(C(=O)c2cnc3ccc(-c4ccc5oc(N)nc5c4)cn23)CC1. The Morgan fingerprint density at radius 1 is 1.03 bits per heavy atom. The Kier molecular flexibility index (Phi) is 4.16. The molecule has 0 radical (unpaired) electrons. The molecule has 9 nitrogen and oxygen atoms in total. The summed E-state index contributed by atoms with van der Waals surface area (Å²) in [6.45, 7) is 3.66. The van der Waals surface area contributed by atoms with Gasteiger partial charge in [0.2, 0.25) is 5.91 Å². The molecule has 0 bridgehead atoms. The number of amides is 2. The first-order valence-electron chi connectivity index (χ1n) is 9.68. The van der Waals surface area contributed by atoms with Crippen LogP contribution in [-0.2, 0) is 4.79 Å². The summed E-state index contributed by atoms with van der Waals surface area (Å²) in [5, 5.41) is 0. The van der Waals surface area contributed by atoms with Crippen molar-refractivity contribution in [2.24, 2.45) is 0 Å². The van der Waals surface area contributed by atoms with Gasteiger partial charge in [-0.1, -0.05) is 6.07 Å². The summed E-state index contributed by atoms with van der Waals surface area (Å²) >= 11 is 0. The number of piperazine rings is 1. The lowest BCUT2D eigenvalue weighted by atomic mass is 10.1. The summed E-state index contributed by atoms with van der Waals surface area (Å²) < 4.78 is 7.14. The second-order valence-corrected chi connectivity index (χ2v) is 7.32. The molecular weight excluding hydrogens is 384 g/mol. The number of hydrogen-bond acceptors (Lipinski definition) is 6. The fourth-order valence-corrected chi connectivity index (χ4v) is 3.82. The zero-order chi connectivity index (χ0) is 20.8. The molecule has 1 aliphatic heterocycles. The van der Waals surface area contributed by atoms with Gasteiger partial charge < -0.3 is 20.0 Å². The van der Waals surface area contributed by atoms with Gasteiger partial charge in [-0.3, -0.25) is 14.0 Å². The van der Waals surface area contributed by atoms with Gasteiger partial charge >= 0.3 is 0 Å². The van der Waals surface area contributed by atoms with Crippen LogP contribution in [-0.4, -0.2) is 62.2 Å². The van der Waals surface area contributed by atoms with Crippen molar-refractivity contribution in [3.05, 3.63) is 48.4 Å². The molecule has 2 amide bonds. The maximum atomic E-state index is 13.1. The predicted octanol–water partition coefficient (Wildman–Crippen LogP) is 2.03. The zero-order valence-corrected chi connectivity index (χ0v) is 16.4. The molecule has 2 N–H and O–H groups in total. The van der Waals surface area contributed by atoms with E-state index in [0.29, 0.717) is 48.6 Å². The molecule has 4 aromatic rings. The number of nitrogens with zero attached hydrogens (tertiary/aromatic N) is 5. The second kappa shape index (κ2) is 6.87. The third-order valence-electron chi connectivity index (χ3n) is 5.47. The highest BCUT2D eigenvalue weighted by Crippen LogP contribution is 2.26. The van der Waals surface area contributed by atoms with Crippen molar-refractivity contribution in [1.29, 1.82) is 0 Å². The maximum absolute atomic E-state index is 13.1. The molecule has 9 heteroatoms. The van der Waals surface area contributed by atoms with E-state index in [0.717, 1.165) is 11.1 Å². The second-order valence-electron chi connectivity index (χ2n) is 7.32. The predicted molar refractivity (Wildman–Crippen MR) is 111 cm³/mol. The van der Waals surface area contributed by atoms with E-state index in [9.17, 15) is 9.59 Å². The number of benzene rings is 1. The first kappa shape index (κ1) is 18.2. The molecule has 1 saturated heterocycles. The molecule has 1 aromatic carbocycles. The van der Waals surface area contributed by atoms with Gasteiger partial charge in [0.25, 0.3) is 11.9 Å². The van der Waals surface area contributed by atoms with Gasteiger partial charge in [0.15, 0.2) is 5.58 Å². The van der Waals surface area contributed by atoms with Crippen LogP contribution in [0.25, 0.3) is 27.9 Å². The van der Waals surface area contributed by atoms with Gasteiger partial charge in [0, 0.05) is 39.3 Å². The number of rotatable bonds is 2. The van der Waals surface area contributed by atoms with Gasteiger partial charge in [0.1, 0.15) is 16.9 Å². The fraction of sp³-hybridized carbons (Fsp3) is 0.238. The monoisotopic (exact) mass is 404 g/mol. The third-order valence-corrected chi connectivity index (χ3v) is 5.47. The number of carbonyl (C=O) groups excluding carboxylic acids is 2. The van der Waals surface area contributed by atoms with E-state index in [1.54, 1.807) is 27.3 Å². The average Bonchev–Trinajstić information content (AvgIpc) is 3.34. The zero-order valence-electron chi connectivity index (χ0n) is 16.4. The first-order chi connectivity index (χ1) is 14.5. The Morgan fingerprint density at radius 2 is 1.77 bits per heavy atom. The summed E-state index contributed by atoms with van der Waals surface area (Å²) in [5.41, 5.74) is 9.97. The molecule has 0 atom stereocenters. The van der Waals surface area contributed by atoms with Gasteiger partial charge in [-0.05, 0) is 35.4 Å². The Balaban J connectivity index is 1.47. The Morgan fingerprint density at radius 3 is 2.53 bits per heavy atom. The van der Waals surface area contributed by atoms with Crippen LogP contribution >= 0.6 is 0 Å². The van der Waals surface area contributed by atoms with Crippen LogP contribution in [0.15, 0.2) is 47.1 Å². The number of nitrogen functional groups attached to an aromatic ring is 1. The average molecular weight is 404 g/mol. The van der Waals surface area contributed by atoms with Crippen LogP contribution in [0.5, 0.6) is 0 Å². The van der Waals surface area contributed by atoms with E-state index < -0.39 is 0 Å². The van der Waals surface area contributed by atoms with Crippen LogP contribution in [0.1, 0.15) is 17.4 Å². The smallest absolute Gasteiger partial charge is 0.292 e. The molecule has 0 saturated carbocycles. The molecule has 3 aromatic heterocycles. The number of imidazole rings is 1. The highest BCUT2D eigenvalue weighted by atomic mass is 16.4. The summed E-state index contributed by atoms with van der Waals surface area (Å²) in [6, 6.07) is 9.61. The summed E-state index contributed by atoms with van der Waals surface area (Å²) in [4.78, 5) is 36.7. The van der Waals surface area contributed by atoms with Crippen molar-refractivity contribution in [2.75, 3.05) is 31.9 Å². The topological polar surface area (TPSA) is 110 Å². The minimum atomic E-state index is -0.0948. The number of hydrogen-bond donors (Lipinski definition) is 1. The molecular formula is C21H20N6O3. The van der Waals surface area contributed by atoms with E-state index in [1.165, 1.54) is 0 Å². The van der Waals surface area contributed by atoms with Crippen LogP contribution in [0.4, 0.5) is 6.01 Å². The van der Waals surface area contributed by atoms with Gasteiger partial charge in [-0.2, -0.15) is 4.98 Å². The van der Waals surface area contributed by atoms with E-state index in [-0.39, 0.29) is 17.8 Å². The van der Waals surface area contributed by atoms with Gasteiger partial charge in [0.05, 0.1) is 6.20 Å². The largest absolute Gasteiger partial charge is 0.424 e. The summed E-state index contributed by atoms with van der Waals surface area (Å²) in [5.74, 6) is -0.0602. The van der Waals surface area contributed by atoms with Crippen molar-refractivity contribution in [2.45, 2.75) is 6.92 Å². The van der Waals surface area contributed by atoms with Crippen molar-refractivity contribution >= 4 is 34.6 Å². The van der Waals surface area contributed by atoms with Crippen molar-refractivity contribution in [1.82, 2.24) is 24.2 Å². The summed E-state index contributed by atoms with van der Waals surface area (Å²) in [6.07, 6.45) is 3.49. The lowest BCUT2D eigenvalue weighted by Gasteiger charge is -2.34. The molecule has 1 fully saturated rings. The number of oxazole rings is 1. The fourth-order valence-electron chi connectivity index (χ4n) is 3.82. The van der Waals surface area contributed by atoms with Crippen molar-refractivity contribution in [3.8, 4) is 11.1 Å². The summed E-state index contributed by atoms with van der Waals surface area (Å²) in [7, 11) is 0. The number of fused-ring (bicyclic) bond motifs is 2. The minimum Gasteiger partial charge on any atom is -0.424 e. The van der Waals surface area contributed by atoms with Crippen LogP contribution < -0.4 is 5.73 Å². The number of carbonyl (C=O) groups is 2.